The molecule has 0 radical (unpaired) electrons. The molecule has 0 N–H and O–H groups in total. The average molecular weight is 484 g/mol. The zero-order valence-corrected chi connectivity index (χ0v) is 19.4. The normalized spacial score (nSPS) is 21.2. The van der Waals surface area contributed by atoms with Crippen molar-refractivity contribution in [3.8, 4) is 0 Å². The highest BCUT2D eigenvalue weighted by molar-refractivity contribution is 7.93. The minimum Gasteiger partial charge on any atom is -0.334 e. The molecule has 2 aromatic rings. The predicted molar refractivity (Wildman–Crippen MR) is 119 cm³/mol. The highest BCUT2D eigenvalue weighted by atomic mass is 32.2. The maximum atomic E-state index is 13.5. The van der Waals surface area contributed by atoms with Crippen LogP contribution in [0, 0.1) is 0 Å². The van der Waals surface area contributed by atoms with Gasteiger partial charge < -0.3 is 4.90 Å². The SMILES string of the molecule is O=C(CN(c1nccs1)S(=O)(=O)c1ccccc1)N(C1CCCC1)[C@@H]1CCS(=O)(=O)C1. The van der Waals surface area contributed by atoms with Gasteiger partial charge in [-0.1, -0.05) is 31.0 Å². The van der Waals surface area contributed by atoms with Gasteiger partial charge in [0.25, 0.3) is 10.0 Å². The predicted octanol–water partition coefficient (Wildman–Crippen LogP) is 2.30. The molecule has 1 saturated carbocycles. The number of carbonyl (C=O) groups excluding carboxylic acids is 1. The molecule has 168 valence electrons. The zero-order valence-electron chi connectivity index (χ0n) is 17.0. The maximum absolute atomic E-state index is 13.5. The molecule has 2 fully saturated rings. The van der Waals surface area contributed by atoms with Crippen molar-refractivity contribution in [1.29, 1.82) is 0 Å². The second kappa shape index (κ2) is 8.87. The van der Waals surface area contributed by atoms with Gasteiger partial charge in [0.1, 0.15) is 6.54 Å². The first-order valence-electron chi connectivity index (χ1n) is 10.3. The molecule has 8 nitrogen and oxygen atoms in total. The number of carbonyl (C=O) groups is 1. The molecule has 1 aromatic heterocycles. The van der Waals surface area contributed by atoms with E-state index in [-0.39, 0.29) is 33.5 Å². The molecular formula is C20H25N3O5S3. The summed E-state index contributed by atoms with van der Waals surface area (Å²) < 4.78 is 51.9. The Morgan fingerprint density at radius 1 is 1.10 bits per heavy atom. The molecule has 2 heterocycles. The van der Waals surface area contributed by atoms with Crippen LogP contribution < -0.4 is 4.31 Å². The molecule has 11 heteroatoms. The molecule has 1 amide bonds. The molecule has 4 rings (SSSR count). The minimum absolute atomic E-state index is 0.0524. The van der Waals surface area contributed by atoms with E-state index in [0.717, 1.165) is 41.3 Å². The van der Waals surface area contributed by atoms with Gasteiger partial charge in [-0.2, -0.15) is 0 Å². The number of aromatic nitrogens is 1. The van der Waals surface area contributed by atoms with Crippen LogP contribution >= 0.6 is 11.3 Å². The Bertz CT molecular complexity index is 1110. The van der Waals surface area contributed by atoms with Crippen LogP contribution in [0.25, 0.3) is 0 Å². The molecule has 31 heavy (non-hydrogen) atoms. The zero-order chi connectivity index (χ0) is 22.1. The third-order valence-electron chi connectivity index (χ3n) is 5.85. The fourth-order valence-corrected chi connectivity index (χ4v) is 8.37. The number of rotatable bonds is 7. The molecule has 0 bridgehead atoms. The fraction of sp³-hybridized carbons (Fsp3) is 0.500. The summed E-state index contributed by atoms with van der Waals surface area (Å²) in [6.07, 6.45) is 5.47. The van der Waals surface area contributed by atoms with Gasteiger partial charge in [-0.25, -0.2) is 26.1 Å². The third-order valence-corrected chi connectivity index (χ3v) is 10.3. The second-order valence-corrected chi connectivity index (χ2v) is 12.9. The molecule has 1 aromatic carbocycles. The molecule has 1 saturated heterocycles. The van der Waals surface area contributed by atoms with Crippen molar-refractivity contribution in [2.45, 2.75) is 49.1 Å². The summed E-state index contributed by atoms with van der Waals surface area (Å²) in [7, 11) is -7.19. The van der Waals surface area contributed by atoms with E-state index in [2.05, 4.69) is 4.98 Å². The van der Waals surface area contributed by atoms with Crippen LogP contribution in [-0.4, -0.2) is 62.8 Å². The highest BCUT2D eigenvalue weighted by Crippen LogP contribution is 2.31. The van der Waals surface area contributed by atoms with Gasteiger partial charge in [0.05, 0.1) is 16.4 Å². The van der Waals surface area contributed by atoms with Crippen molar-refractivity contribution in [3.63, 3.8) is 0 Å². The summed E-state index contributed by atoms with van der Waals surface area (Å²) in [5, 5.41) is 1.87. The lowest BCUT2D eigenvalue weighted by Crippen LogP contribution is -2.51. The monoisotopic (exact) mass is 483 g/mol. The summed E-state index contributed by atoms with van der Waals surface area (Å²) in [4.78, 5) is 19.4. The Morgan fingerprint density at radius 3 is 2.39 bits per heavy atom. The Hall–Kier alpha value is -1.98. The van der Waals surface area contributed by atoms with Crippen LogP contribution in [0.4, 0.5) is 5.13 Å². The topological polar surface area (TPSA) is 105 Å². The van der Waals surface area contributed by atoms with Crippen LogP contribution in [-0.2, 0) is 24.7 Å². The van der Waals surface area contributed by atoms with Crippen molar-refractivity contribution in [2.75, 3.05) is 22.4 Å². The summed E-state index contributed by atoms with van der Waals surface area (Å²) >= 11 is 1.14. The first-order chi connectivity index (χ1) is 14.8. The van der Waals surface area contributed by atoms with E-state index >= 15 is 0 Å². The maximum Gasteiger partial charge on any atom is 0.266 e. The first-order valence-corrected chi connectivity index (χ1v) is 14.4. The smallest absolute Gasteiger partial charge is 0.266 e. The lowest BCUT2D eigenvalue weighted by molar-refractivity contribution is -0.133. The van der Waals surface area contributed by atoms with Crippen molar-refractivity contribution in [1.82, 2.24) is 9.88 Å². The number of hydrogen-bond donors (Lipinski definition) is 0. The van der Waals surface area contributed by atoms with Gasteiger partial charge in [-0.15, -0.1) is 11.3 Å². The molecule has 1 aliphatic carbocycles. The number of sulfonamides is 1. The van der Waals surface area contributed by atoms with Crippen molar-refractivity contribution in [3.05, 3.63) is 41.9 Å². The van der Waals surface area contributed by atoms with E-state index in [1.165, 1.54) is 18.3 Å². The van der Waals surface area contributed by atoms with Crippen molar-refractivity contribution in [2.24, 2.45) is 0 Å². The number of nitrogens with zero attached hydrogens (tertiary/aromatic N) is 3. The Labute approximate surface area is 186 Å². The lowest BCUT2D eigenvalue weighted by Gasteiger charge is -2.35. The molecule has 1 aliphatic heterocycles. The van der Waals surface area contributed by atoms with Gasteiger partial charge in [0.15, 0.2) is 15.0 Å². The van der Waals surface area contributed by atoms with Crippen LogP contribution in [0.15, 0.2) is 46.8 Å². The highest BCUT2D eigenvalue weighted by Gasteiger charge is 2.40. The summed E-state index contributed by atoms with van der Waals surface area (Å²) in [5.41, 5.74) is 0. The van der Waals surface area contributed by atoms with Crippen molar-refractivity contribution >= 4 is 42.2 Å². The number of sulfone groups is 1. The van der Waals surface area contributed by atoms with Gasteiger partial charge in [0.2, 0.25) is 5.91 Å². The third kappa shape index (κ3) is 4.78. The van der Waals surface area contributed by atoms with E-state index in [1.54, 1.807) is 28.5 Å². The van der Waals surface area contributed by atoms with Gasteiger partial charge >= 0.3 is 0 Å². The molecule has 1 atom stereocenters. The van der Waals surface area contributed by atoms with Gasteiger partial charge in [-0.05, 0) is 31.4 Å². The molecule has 0 unspecified atom stereocenters. The van der Waals surface area contributed by atoms with Crippen LogP contribution in [0.5, 0.6) is 0 Å². The van der Waals surface area contributed by atoms with Crippen LogP contribution in [0.2, 0.25) is 0 Å². The summed E-state index contributed by atoms with van der Waals surface area (Å²) in [5.74, 6) is -0.367. The quantitative estimate of drug-likeness (QED) is 0.598. The second-order valence-electron chi connectivity index (χ2n) is 7.94. The lowest BCUT2D eigenvalue weighted by atomic mass is 10.1. The molecular weight excluding hydrogens is 458 g/mol. The minimum atomic E-state index is -4.01. The Balaban J connectivity index is 1.66. The van der Waals surface area contributed by atoms with Gasteiger partial charge in [-0.3, -0.25) is 4.79 Å². The number of anilines is 1. The number of benzene rings is 1. The molecule has 0 spiro atoms. The summed E-state index contributed by atoms with van der Waals surface area (Å²) in [6.45, 7) is -0.405. The van der Waals surface area contributed by atoms with Crippen molar-refractivity contribution < 1.29 is 21.6 Å². The number of hydrogen-bond acceptors (Lipinski definition) is 7. The van der Waals surface area contributed by atoms with E-state index in [0.29, 0.717) is 6.42 Å². The van der Waals surface area contributed by atoms with E-state index in [9.17, 15) is 21.6 Å². The van der Waals surface area contributed by atoms with Crippen LogP contribution in [0.1, 0.15) is 32.1 Å². The van der Waals surface area contributed by atoms with E-state index < -0.39 is 32.4 Å². The van der Waals surface area contributed by atoms with Gasteiger partial charge in [0, 0.05) is 23.7 Å². The van der Waals surface area contributed by atoms with E-state index in [4.69, 9.17) is 0 Å². The standard InChI is InChI=1S/C20H25N3O5S3/c24-19(23(16-6-4-5-7-16)17-10-13-30(25,26)15-17)14-22(20-21-11-12-29-20)31(27,28)18-8-2-1-3-9-18/h1-3,8-9,11-12,16-17H,4-7,10,13-15H2/t17-/m1/s1. The average Bonchev–Trinajstić information content (AvgIpc) is 3.50. The first kappa shape index (κ1) is 22.2. The fourth-order valence-electron chi connectivity index (χ4n) is 4.40. The number of amides is 1. The largest absolute Gasteiger partial charge is 0.334 e. The van der Waals surface area contributed by atoms with E-state index in [1.807, 2.05) is 0 Å². The summed E-state index contributed by atoms with van der Waals surface area (Å²) in [6, 6.07) is 7.49. The Morgan fingerprint density at radius 2 is 1.81 bits per heavy atom. The van der Waals surface area contributed by atoms with Crippen LogP contribution in [0.3, 0.4) is 0 Å². The number of thiazole rings is 1. The molecule has 2 aliphatic rings. The Kier molecular flexibility index (Phi) is 6.36.